The predicted molar refractivity (Wildman–Crippen MR) is 49.0 cm³/mol. The van der Waals surface area contributed by atoms with Crippen molar-refractivity contribution in [3.05, 3.63) is 12.1 Å². The van der Waals surface area contributed by atoms with Crippen LogP contribution < -0.4 is 9.47 Å². The highest BCUT2D eigenvalue weighted by Gasteiger charge is 1.97. The minimum atomic E-state index is 0.534. The van der Waals surface area contributed by atoms with Crippen LogP contribution in [-0.4, -0.2) is 23.4 Å². The SMILES string of the molecule is CCCOc1ccc(OCC)nn1. The third-order valence-corrected chi connectivity index (χ3v) is 1.36. The molecule has 0 bridgehead atoms. The molecule has 1 aromatic rings. The number of hydrogen-bond donors (Lipinski definition) is 0. The summed E-state index contributed by atoms with van der Waals surface area (Å²) in [6.45, 7) is 5.22. The maximum Gasteiger partial charge on any atom is 0.233 e. The first-order valence-electron chi connectivity index (χ1n) is 4.46. The molecule has 72 valence electrons. The van der Waals surface area contributed by atoms with Gasteiger partial charge in [-0.3, -0.25) is 0 Å². The van der Waals surface area contributed by atoms with Crippen LogP contribution in [0, 0.1) is 0 Å². The summed E-state index contributed by atoms with van der Waals surface area (Å²) in [6, 6.07) is 3.51. The highest BCUT2D eigenvalue weighted by atomic mass is 16.5. The van der Waals surface area contributed by atoms with Crippen molar-refractivity contribution in [2.75, 3.05) is 13.2 Å². The maximum absolute atomic E-state index is 5.26. The van der Waals surface area contributed by atoms with E-state index in [4.69, 9.17) is 9.47 Å². The lowest BCUT2D eigenvalue weighted by Gasteiger charge is -2.03. The Bertz CT molecular complexity index is 236. The molecule has 1 rings (SSSR count). The molecule has 4 heteroatoms. The van der Waals surface area contributed by atoms with E-state index in [0.29, 0.717) is 25.0 Å². The molecule has 0 fully saturated rings. The third-order valence-electron chi connectivity index (χ3n) is 1.36. The molecule has 0 saturated heterocycles. The molecule has 0 aliphatic heterocycles. The minimum absolute atomic E-state index is 0.534. The molecule has 0 aliphatic carbocycles. The summed E-state index contributed by atoms with van der Waals surface area (Å²) in [4.78, 5) is 0. The van der Waals surface area contributed by atoms with E-state index in [1.54, 1.807) is 12.1 Å². The van der Waals surface area contributed by atoms with Crippen LogP contribution in [0.1, 0.15) is 20.3 Å². The molecule has 0 aliphatic rings. The Kier molecular flexibility index (Phi) is 4.02. The molecule has 4 nitrogen and oxygen atoms in total. The van der Waals surface area contributed by atoms with Crippen molar-refractivity contribution in [2.24, 2.45) is 0 Å². The lowest BCUT2D eigenvalue weighted by atomic mass is 10.5. The third kappa shape index (κ3) is 3.27. The van der Waals surface area contributed by atoms with Crippen molar-refractivity contribution in [1.82, 2.24) is 10.2 Å². The second-order valence-corrected chi connectivity index (χ2v) is 2.49. The van der Waals surface area contributed by atoms with Gasteiger partial charge in [0.1, 0.15) is 0 Å². The van der Waals surface area contributed by atoms with Crippen molar-refractivity contribution >= 4 is 0 Å². The molecular weight excluding hydrogens is 168 g/mol. The molecule has 0 N–H and O–H groups in total. The van der Waals surface area contributed by atoms with Gasteiger partial charge in [0, 0.05) is 12.1 Å². The maximum atomic E-state index is 5.26. The number of hydrogen-bond acceptors (Lipinski definition) is 4. The molecule has 0 saturated carbocycles. The van der Waals surface area contributed by atoms with Gasteiger partial charge in [-0.25, -0.2) is 0 Å². The molecule has 0 amide bonds. The first-order valence-corrected chi connectivity index (χ1v) is 4.46. The van der Waals surface area contributed by atoms with Crippen LogP contribution >= 0.6 is 0 Å². The highest BCUT2D eigenvalue weighted by Crippen LogP contribution is 2.09. The van der Waals surface area contributed by atoms with Crippen LogP contribution in [0.2, 0.25) is 0 Å². The number of rotatable bonds is 5. The Balaban J connectivity index is 2.48. The van der Waals surface area contributed by atoms with Crippen LogP contribution in [-0.2, 0) is 0 Å². The van der Waals surface area contributed by atoms with Crippen LogP contribution in [0.5, 0.6) is 11.8 Å². The quantitative estimate of drug-likeness (QED) is 0.694. The molecular formula is C9H14N2O2. The van der Waals surface area contributed by atoms with Crippen molar-refractivity contribution in [2.45, 2.75) is 20.3 Å². The average Bonchev–Trinajstić information content (AvgIpc) is 2.17. The number of ether oxygens (including phenoxy) is 2. The zero-order valence-electron chi connectivity index (χ0n) is 7.99. The van der Waals surface area contributed by atoms with Gasteiger partial charge in [-0.2, -0.15) is 0 Å². The summed E-state index contributed by atoms with van der Waals surface area (Å²) >= 11 is 0. The van der Waals surface area contributed by atoms with Crippen LogP contribution in [0.4, 0.5) is 0 Å². The van der Waals surface area contributed by atoms with Gasteiger partial charge in [0.05, 0.1) is 13.2 Å². The Morgan fingerprint density at radius 2 is 1.69 bits per heavy atom. The van der Waals surface area contributed by atoms with E-state index < -0.39 is 0 Å². The number of nitrogens with zero attached hydrogens (tertiary/aromatic N) is 2. The summed E-state index contributed by atoms with van der Waals surface area (Å²) in [5.74, 6) is 1.08. The molecule has 1 aromatic heterocycles. The van der Waals surface area contributed by atoms with Gasteiger partial charge in [0.2, 0.25) is 11.8 Å². The predicted octanol–water partition coefficient (Wildman–Crippen LogP) is 1.66. The van der Waals surface area contributed by atoms with Crippen molar-refractivity contribution in [3.63, 3.8) is 0 Å². The fourth-order valence-electron chi connectivity index (χ4n) is 0.816. The zero-order chi connectivity index (χ0) is 9.52. The first-order chi connectivity index (χ1) is 6.36. The van der Waals surface area contributed by atoms with Crippen molar-refractivity contribution in [3.8, 4) is 11.8 Å². The van der Waals surface area contributed by atoms with Gasteiger partial charge in [0.25, 0.3) is 0 Å². The van der Waals surface area contributed by atoms with Gasteiger partial charge in [-0.15, -0.1) is 10.2 Å². The minimum Gasteiger partial charge on any atom is -0.477 e. The fourth-order valence-corrected chi connectivity index (χ4v) is 0.816. The van der Waals surface area contributed by atoms with Crippen molar-refractivity contribution in [1.29, 1.82) is 0 Å². The average molecular weight is 182 g/mol. The van der Waals surface area contributed by atoms with E-state index in [1.165, 1.54) is 0 Å². The van der Waals surface area contributed by atoms with Crippen LogP contribution in [0.15, 0.2) is 12.1 Å². The smallest absolute Gasteiger partial charge is 0.233 e. The zero-order valence-corrected chi connectivity index (χ0v) is 7.99. The Labute approximate surface area is 77.9 Å². The van der Waals surface area contributed by atoms with Gasteiger partial charge >= 0.3 is 0 Å². The van der Waals surface area contributed by atoms with Crippen LogP contribution in [0.3, 0.4) is 0 Å². The lowest BCUT2D eigenvalue weighted by molar-refractivity contribution is 0.290. The summed E-state index contributed by atoms with van der Waals surface area (Å²) in [5.41, 5.74) is 0. The van der Waals surface area contributed by atoms with Gasteiger partial charge in [-0.1, -0.05) is 6.92 Å². The summed E-state index contributed by atoms with van der Waals surface area (Å²) in [7, 11) is 0. The fraction of sp³-hybridized carbons (Fsp3) is 0.556. The first kappa shape index (κ1) is 9.77. The summed E-state index contributed by atoms with van der Waals surface area (Å²) in [6.07, 6.45) is 0.967. The van der Waals surface area contributed by atoms with Gasteiger partial charge in [0.15, 0.2) is 0 Å². The standard InChI is InChI=1S/C9H14N2O2/c1-3-7-13-9-6-5-8(10-11-9)12-4-2/h5-6H,3-4,7H2,1-2H3. The van der Waals surface area contributed by atoms with Gasteiger partial charge in [-0.05, 0) is 13.3 Å². The van der Waals surface area contributed by atoms with Gasteiger partial charge < -0.3 is 9.47 Å². The van der Waals surface area contributed by atoms with E-state index >= 15 is 0 Å². The van der Waals surface area contributed by atoms with Crippen molar-refractivity contribution < 1.29 is 9.47 Å². The van der Waals surface area contributed by atoms with E-state index in [2.05, 4.69) is 10.2 Å². The highest BCUT2D eigenvalue weighted by molar-refractivity contribution is 5.15. The van der Waals surface area contributed by atoms with E-state index in [-0.39, 0.29) is 0 Å². The van der Waals surface area contributed by atoms with E-state index in [0.717, 1.165) is 6.42 Å². The molecule has 0 radical (unpaired) electrons. The molecule has 13 heavy (non-hydrogen) atoms. The monoisotopic (exact) mass is 182 g/mol. The Morgan fingerprint density at radius 1 is 1.08 bits per heavy atom. The topological polar surface area (TPSA) is 44.2 Å². The molecule has 0 aromatic carbocycles. The van der Waals surface area contributed by atoms with Crippen LogP contribution in [0.25, 0.3) is 0 Å². The largest absolute Gasteiger partial charge is 0.477 e. The molecule has 0 unspecified atom stereocenters. The second kappa shape index (κ2) is 5.35. The second-order valence-electron chi connectivity index (χ2n) is 2.49. The summed E-state index contributed by atoms with van der Waals surface area (Å²) < 4.78 is 10.4. The molecule has 0 atom stereocenters. The summed E-state index contributed by atoms with van der Waals surface area (Å²) in [5, 5.41) is 7.66. The van der Waals surface area contributed by atoms with E-state index in [9.17, 15) is 0 Å². The Hall–Kier alpha value is -1.32. The number of aromatic nitrogens is 2. The molecule has 0 spiro atoms. The lowest BCUT2D eigenvalue weighted by Crippen LogP contribution is -2.00. The Morgan fingerprint density at radius 3 is 2.15 bits per heavy atom. The molecule has 1 heterocycles. The van der Waals surface area contributed by atoms with E-state index in [1.807, 2.05) is 13.8 Å². The normalized spacial score (nSPS) is 9.69.